The maximum absolute atomic E-state index is 11.7. The summed E-state index contributed by atoms with van der Waals surface area (Å²) >= 11 is 0. The molecule has 0 aliphatic carbocycles. The first-order valence-electron chi connectivity index (χ1n) is 6.35. The van der Waals surface area contributed by atoms with Crippen molar-refractivity contribution in [2.24, 2.45) is 0 Å². The Labute approximate surface area is 109 Å². The van der Waals surface area contributed by atoms with Crippen LogP contribution in [0.1, 0.15) is 32.3 Å². The summed E-state index contributed by atoms with van der Waals surface area (Å²) in [5.74, 6) is 0.615. The highest BCUT2D eigenvalue weighted by atomic mass is 16.5. The second-order valence-corrected chi connectivity index (χ2v) is 4.39. The Balaban J connectivity index is 2.47. The largest absolute Gasteiger partial charge is 0.484 e. The van der Waals surface area contributed by atoms with Crippen LogP contribution in [0, 0.1) is 6.92 Å². The summed E-state index contributed by atoms with van der Waals surface area (Å²) in [6.07, 6.45) is 1.87. The minimum atomic E-state index is -0.0834. The first kappa shape index (κ1) is 14.4. The third-order valence-electron chi connectivity index (χ3n) is 2.91. The molecule has 18 heavy (non-hydrogen) atoms. The number of rotatable bonds is 6. The fourth-order valence-electron chi connectivity index (χ4n) is 1.74. The fraction of sp³-hybridized carbons (Fsp3) is 0.500. The summed E-state index contributed by atoms with van der Waals surface area (Å²) in [4.78, 5) is 11.7. The number of aryl methyl sites for hydroxylation is 1. The Bertz CT molecular complexity index is 401. The van der Waals surface area contributed by atoms with Crippen LogP contribution in [-0.2, 0) is 4.79 Å². The number of hydrogen-bond donors (Lipinski definition) is 2. The molecule has 0 atom stereocenters. The molecular weight excluding hydrogens is 228 g/mol. The maximum Gasteiger partial charge on any atom is 0.258 e. The molecule has 0 aliphatic rings. The number of carbonyl (C=O) groups excluding carboxylic acids is 1. The number of ether oxygens (including phenoxy) is 1. The smallest absolute Gasteiger partial charge is 0.258 e. The molecule has 3 N–H and O–H groups in total. The first-order chi connectivity index (χ1) is 8.56. The summed E-state index contributed by atoms with van der Waals surface area (Å²) in [7, 11) is 0. The minimum Gasteiger partial charge on any atom is -0.484 e. The maximum atomic E-state index is 11.7. The van der Waals surface area contributed by atoms with Gasteiger partial charge in [-0.15, -0.1) is 0 Å². The highest BCUT2D eigenvalue weighted by molar-refractivity contribution is 5.77. The zero-order valence-corrected chi connectivity index (χ0v) is 11.3. The van der Waals surface area contributed by atoms with E-state index >= 15 is 0 Å². The van der Waals surface area contributed by atoms with Crippen molar-refractivity contribution >= 4 is 11.6 Å². The van der Waals surface area contributed by atoms with Gasteiger partial charge in [0, 0.05) is 11.7 Å². The number of nitrogens with two attached hydrogens (primary N) is 1. The van der Waals surface area contributed by atoms with E-state index in [1.165, 1.54) is 0 Å². The van der Waals surface area contributed by atoms with Gasteiger partial charge in [0.2, 0.25) is 0 Å². The lowest BCUT2D eigenvalue weighted by Crippen LogP contribution is -2.37. The van der Waals surface area contributed by atoms with E-state index in [4.69, 9.17) is 10.5 Å². The summed E-state index contributed by atoms with van der Waals surface area (Å²) in [5, 5.41) is 2.93. The van der Waals surface area contributed by atoms with Crippen LogP contribution in [0.25, 0.3) is 0 Å². The third-order valence-corrected chi connectivity index (χ3v) is 2.91. The van der Waals surface area contributed by atoms with E-state index in [0.29, 0.717) is 11.4 Å². The van der Waals surface area contributed by atoms with Crippen molar-refractivity contribution in [2.75, 3.05) is 12.3 Å². The topological polar surface area (TPSA) is 64.3 Å². The summed E-state index contributed by atoms with van der Waals surface area (Å²) in [5.41, 5.74) is 7.28. The Kier molecular flexibility index (Phi) is 5.49. The number of anilines is 1. The van der Waals surface area contributed by atoms with E-state index in [9.17, 15) is 4.79 Å². The molecule has 0 aliphatic heterocycles. The van der Waals surface area contributed by atoms with Crippen LogP contribution in [0.15, 0.2) is 18.2 Å². The summed E-state index contributed by atoms with van der Waals surface area (Å²) in [6, 6.07) is 5.61. The van der Waals surface area contributed by atoms with Crippen LogP contribution >= 0.6 is 0 Å². The van der Waals surface area contributed by atoms with Gasteiger partial charge in [-0.3, -0.25) is 4.79 Å². The molecule has 0 bridgehead atoms. The summed E-state index contributed by atoms with van der Waals surface area (Å²) in [6.45, 7) is 6.06. The lowest BCUT2D eigenvalue weighted by Gasteiger charge is -2.15. The molecule has 0 saturated carbocycles. The van der Waals surface area contributed by atoms with Gasteiger partial charge in [-0.1, -0.05) is 13.8 Å². The number of nitrogens with one attached hydrogen (secondary N) is 1. The van der Waals surface area contributed by atoms with Crippen molar-refractivity contribution in [3.8, 4) is 5.75 Å². The lowest BCUT2D eigenvalue weighted by molar-refractivity contribution is -0.123. The first-order valence-corrected chi connectivity index (χ1v) is 6.35. The number of hydrogen-bond acceptors (Lipinski definition) is 3. The van der Waals surface area contributed by atoms with Gasteiger partial charge in [0.1, 0.15) is 5.75 Å². The van der Waals surface area contributed by atoms with Crippen LogP contribution in [0.5, 0.6) is 5.75 Å². The molecule has 1 rings (SSSR count). The highest BCUT2D eigenvalue weighted by Crippen LogP contribution is 2.19. The molecule has 0 radical (unpaired) electrons. The number of benzene rings is 1. The van der Waals surface area contributed by atoms with E-state index in [1.54, 1.807) is 12.1 Å². The molecular formula is C14H22N2O2. The van der Waals surface area contributed by atoms with E-state index < -0.39 is 0 Å². The van der Waals surface area contributed by atoms with E-state index in [1.807, 2.05) is 13.0 Å². The predicted molar refractivity (Wildman–Crippen MR) is 73.6 cm³/mol. The average Bonchev–Trinajstić information content (AvgIpc) is 2.35. The molecule has 0 fully saturated rings. The molecule has 0 saturated heterocycles. The Morgan fingerprint density at radius 3 is 2.61 bits per heavy atom. The van der Waals surface area contributed by atoms with Gasteiger partial charge in [-0.05, 0) is 43.5 Å². The molecule has 0 aromatic heterocycles. The van der Waals surface area contributed by atoms with Crippen molar-refractivity contribution < 1.29 is 9.53 Å². The van der Waals surface area contributed by atoms with Crippen molar-refractivity contribution in [2.45, 2.75) is 39.7 Å². The Hall–Kier alpha value is -1.71. The van der Waals surface area contributed by atoms with Gasteiger partial charge >= 0.3 is 0 Å². The van der Waals surface area contributed by atoms with Crippen LogP contribution in [0.2, 0.25) is 0 Å². The van der Waals surface area contributed by atoms with Crippen LogP contribution in [0.3, 0.4) is 0 Å². The average molecular weight is 250 g/mol. The molecule has 0 unspecified atom stereocenters. The molecule has 1 aromatic rings. The Morgan fingerprint density at radius 1 is 1.39 bits per heavy atom. The summed E-state index contributed by atoms with van der Waals surface area (Å²) < 4.78 is 5.48. The van der Waals surface area contributed by atoms with Crippen LogP contribution in [-0.4, -0.2) is 18.6 Å². The second-order valence-electron chi connectivity index (χ2n) is 4.39. The molecule has 4 nitrogen and oxygen atoms in total. The molecule has 0 heterocycles. The van der Waals surface area contributed by atoms with Gasteiger partial charge in [0.05, 0.1) is 0 Å². The molecule has 1 aromatic carbocycles. The van der Waals surface area contributed by atoms with Gasteiger partial charge in [-0.2, -0.15) is 0 Å². The van der Waals surface area contributed by atoms with Crippen molar-refractivity contribution in [1.82, 2.24) is 5.32 Å². The van der Waals surface area contributed by atoms with Gasteiger partial charge in [0.15, 0.2) is 6.61 Å². The SMILES string of the molecule is CCC(CC)NC(=O)COc1ccc(N)cc1C. The molecule has 1 amide bonds. The van der Waals surface area contributed by atoms with Crippen molar-refractivity contribution in [3.63, 3.8) is 0 Å². The van der Waals surface area contributed by atoms with Gasteiger partial charge in [0.25, 0.3) is 5.91 Å². The lowest BCUT2D eigenvalue weighted by atomic mass is 10.2. The normalized spacial score (nSPS) is 10.4. The van der Waals surface area contributed by atoms with Gasteiger partial charge < -0.3 is 15.8 Å². The van der Waals surface area contributed by atoms with Crippen LogP contribution in [0.4, 0.5) is 5.69 Å². The Morgan fingerprint density at radius 2 is 2.06 bits per heavy atom. The standard InChI is InChI=1S/C14H22N2O2/c1-4-12(5-2)16-14(17)9-18-13-7-6-11(15)8-10(13)3/h6-8,12H,4-5,9,15H2,1-3H3,(H,16,17). The third kappa shape index (κ3) is 4.28. The number of nitrogen functional groups attached to an aromatic ring is 1. The quantitative estimate of drug-likeness (QED) is 0.761. The van der Waals surface area contributed by atoms with Gasteiger partial charge in [-0.25, -0.2) is 0 Å². The number of carbonyl (C=O) groups is 1. The zero-order chi connectivity index (χ0) is 13.5. The minimum absolute atomic E-state index is 0.0429. The zero-order valence-electron chi connectivity index (χ0n) is 11.3. The van der Waals surface area contributed by atoms with Crippen molar-refractivity contribution in [3.05, 3.63) is 23.8 Å². The van der Waals surface area contributed by atoms with E-state index in [0.717, 1.165) is 18.4 Å². The fourth-order valence-corrected chi connectivity index (χ4v) is 1.74. The van der Waals surface area contributed by atoms with E-state index in [2.05, 4.69) is 19.2 Å². The molecule has 100 valence electrons. The highest BCUT2D eigenvalue weighted by Gasteiger charge is 2.09. The second kappa shape index (κ2) is 6.89. The molecule has 4 heteroatoms. The van der Waals surface area contributed by atoms with Crippen molar-refractivity contribution in [1.29, 1.82) is 0 Å². The molecule has 0 spiro atoms. The number of amides is 1. The monoisotopic (exact) mass is 250 g/mol. The van der Waals surface area contributed by atoms with Crippen LogP contribution < -0.4 is 15.8 Å². The predicted octanol–water partition coefficient (Wildman–Crippen LogP) is 2.26. The van der Waals surface area contributed by atoms with E-state index in [-0.39, 0.29) is 18.6 Å².